The van der Waals surface area contributed by atoms with Crippen molar-refractivity contribution in [1.82, 2.24) is 10.6 Å². The summed E-state index contributed by atoms with van der Waals surface area (Å²) in [7, 11) is 0. The van der Waals surface area contributed by atoms with E-state index in [0.29, 0.717) is 29.7 Å². The van der Waals surface area contributed by atoms with Crippen molar-refractivity contribution in [2.24, 2.45) is 5.41 Å². The largest absolute Gasteiger partial charge is 0.435 e. The van der Waals surface area contributed by atoms with E-state index in [0.717, 1.165) is 0 Å². The Kier molecular flexibility index (Phi) is 4.03. The van der Waals surface area contributed by atoms with Gasteiger partial charge in [-0.05, 0) is 29.5 Å². The zero-order chi connectivity index (χ0) is 17.5. The van der Waals surface area contributed by atoms with Crippen LogP contribution in [0.3, 0.4) is 0 Å². The number of halogens is 2. The molecule has 0 saturated carbocycles. The lowest BCUT2D eigenvalue weighted by molar-refractivity contribution is -0.118. The Hall–Kier alpha value is -2.44. The molecule has 1 aliphatic heterocycles. The minimum absolute atomic E-state index is 0.0216. The maximum absolute atomic E-state index is 12.6. The SMILES string of the molecule is CC1(C)CC(=O)C2=C(C1)NC(=O)N[C@@H]2c1ccc(OC(F)F)cc1. The smallest absolute Gasteiger partial charge is 0.387 e. The van der Waals surface area contributed by atoms with Crippen molar-refractivity contribution in [1.29, 1.82) is 0 Å². The van der Waals surface area contributed by atoms with Crippen molar-refractivity contribution in [3.05, 3.63) is 41.1 Å². The van der Waals surface area contributed by atoms with Crippen LogP contribution < -0.4 is 15.4 Å². The summed E-state index contributed by atoms with van der Waals surface area (Å²) >= 11 is 0. The highest BCUT2D eigenvalue weighted by Crippen LogP contribution is 2.41. The Bertz CT molecular complexity index is 711. The van der Waals surface area contributed by atoms with Crippen LogP contribution in [0, 0.1) is 5.41 Å². The lowest BCUT2D eigenvalue weighted by atomic mass is 9.73. The molecule has 0 spiro atoms. The van der Waals surface area contributed by atoms with Crippen LogP contribution >= 0.6 is 0 Å². The molecule has 0 aromatic heterocycles. The highest BCUT2D eigenvalue weighted by atomic mass is 19.3. The molecular formula is C17H18F2N2O3. The van der Waals surface area contributed by atoms with Gasteiger partial charge in [0, 0.05) is 17.7 Å². The molecule has 2 amide bonds. The second-order valence-corrected chi connectivity index (χ2v) is 6.81. The number of benzene rings is 1. The Labute approximate surface area is 138 Å². The first-order valence-electron chi connectivity index (χ1n) is 7.64. The number of amides is 2. The van der Waals surface area contributed by atoms with Crippen LogP contribution in [-0.4, -0.2) is 18.4 Å². The zero-order valence-corrected chi connectivity index (χ0v) is 13.4. The number of urea groups is 1. The Morgan fingerprint density at radius 1 is 1.17 bits per heavy atom. The number of allylic oxidation sites excluding steroid dienone is 1. The first kappa shape index (κ1) is 16.4. The fraction of sp³-hybridized carbons (Fsp3) is 0.412. The third kappa shape index (κ3) is 3.25. The van der Waals surface area contributed by atoms with Crippen molar-refractivity contribution < 1.29 is 23.1 Å². The summed E-state index contributed by atoms with van der Waals surface area (Å²) in [6.07, 6.45) is 0.997. The lowest BCUT2D eigenvalue weighted by Crippen LogP contribution is -2.48. The molecule has 1 aliphatic carbocycles. The van der Waals surface area contributed by atoms with Gasteiger partial charge in [0.05, 0.1) is 6.04 Å². The van der Waals surface area contributed by atoms with Gasteiger partial charge in [-0.3, -0.25) is 4.79 Å². The first-order valence-corrected chi connectivity index (χ1v) is 7.64. The van der Waals surface area contributed by atoms with E-state index in [2.05, 4.69) is 15.4 Å². The van der Waals surface area contributed by atoms with Crippen LogP contribution in [0.1, 0.15) is 38.3 Å². The minimum atomic E-state index is -2.90. The van der Waals surface area contributed by atoms with Crippen molar-refractivity contribution in [2.75, 3.05) is 0 Å². The van der Waals surface area contributed by atoms with E-state index in [4.69, 9.17) is 0 Å². The van der Waals surface area contributed by atoms with Gasteiger partial charge in [0.1, 0.15) is 5.75 Å². The number of nitrogens with one attached hydrogen (secondary N) is 2. The Balaban J connectivity index is 1.94. The molecule has 0 saturated heterocycles. The molecule has 24 heavy (non-hydrogen) atoms. The summed E-state index contributed by atoms with van der Waals surface area (Å²) in [6, 6.07) is 4.98. The predicted octanol–water partition coefficient (Wildman–Crippen LogP) is 3.29. The number of hydrogen-bond acceptors (Lipinski definition) is 3. The average molecular weight is 336 g/mol. The molecule has 2 aliphatic rings. The number of rotatable bonds is 3. The van der Waals surface area contributed by atoms with Crippen LogP contribution in [0.25, 0.3) is 0 Å². The van der Waals surface area contributed by atoms with Crippen molar-refractivity contribution in [3.63, 3.8) is 0 Å². The second kappa shape index (κ2) is 5.89. The van der Waals surface area contributed by atoms with Crippen LogP contribution in [0.4, 0.5) is 13.6 Å². The van der Waals surface area contributed by atoms with Gasteiger partial charge in [0.2, 0.25) is 0 Å². The summed E-state index contributed by atoms with van der Waals surface area (Å²) < 4.78 is 28.8. The van der Waals surface area contributed by atoms with Crippen LogP contribution in [0.2, 0.25) is 0 Å². The van der Waals surface area contributed by atoms with Crippen molar-refractivity contribution >= 4 is 11.8 Å². The summed E-state index contributed by atoms with van der Waals surface area (Å²) in [6.45, 7) is 1.06. The molecule has 1 aromatic carbocycles. The van der Waals surface area contributed by atoms with E-state index in [1.807, 2.05) is 13.8 Å². The fourth-order valence-corrected chi connectivity index (χ4v) is 3.25. The number of carbonyl (C=O) groups is 2. The van der Waals surface area contributed by atoms with Gasteiger partial charge < -0.3 is 15.4 Å². The van der Waals surface area contributed by atoms with Crippen LogP contribution in [-0.2, 0) is 4.79 Å². The zero-order valence-electron chi connectivity index (χ0n) is 13.4. The van der Waals surface area contributed by atoms with Gasteiger partial charge in [-0.2, -0.15) is 8.78 Å². The summed E-state index contributed by atoms with van der Waals surface area (Å²) in [5.41, 5.74) is 1.61. The number of alkyl halides is 2. The highest BCUT2D eigenvalue weighted by Gasteiger charge is 2.40. The van der Waals surface area contributed by atoms with E-state index in [1.54, 1.807) is 12.1 Å². The third-order valence-corrected chi connectivity index (χ3v) is 4.19. The number of hydrogen-bond donors (Lipinski definition) is 2. The molecule has 0 radical (unpaired) electrons. The summed E-state index contributed by atoms with van der Waals surface area (Å²) in [5.74, 6) is 0.00553. The molecule has 0 unspecified atom stereocenters. The van der Waals surface area contributed by atoms with Crippen LogP contribution in [0.15, 0.2) is 35.5 Å². The molecule has 1 atom stereocenters. The molecular weight excluding hydrogens is 318 g/mol. The molecule has 5 nitrogen and oxygen atoms in total. The minimum Gasteiger partial charge on any atom is -0.435 e. The van der Waals surface area contributed by atoms with E-state index < -0.39 is 12.7 Å². The normalized spacial score (nSPS) is 22.8. The quantitative estimate of drug-likeness (QED) is 0.890. The number of ketones is 1. The fourth-order valence-electron chi connectivity index (χ4n) is 3.25. The summed E-state index contributed by atoms with van der Waals surface area (Å²) in [5, 5.41) is 5.46. The third-order valence-electron chi connectivity index (χ3n) is 4.19. The molecule has 2 N–H and O–H groups in total. The molecule has 1 aromatic rings. The first-order chi connectivity index (χ1) is 11.2. The van der Waals surface area contributed by atoms with Crippen molar-refractivity contribution in [3.8, 4) is 5.75 Å². The van der Waals surface area contributed by atoms with Gasteiger partial charge in [-0.1, -0.05) is 26.0 Å². The number of ether oxygens (including phenoxy) is 1. The molecule has 128 valence electrons. The van der Waals surface area contributed by atoms with Gasteiger partial charge >= 0.3 is 12.6 Å². The molecule has 0 fully saturated rings. The molecule has 3 rings (SSSR count). The maximum Gasteiger partial charge on any atom is 0.387 e. The van der Waals surface area contributed by atoms with E-state index >= 15 is 0 Å². The monoisotopic (exact) mass is 336 g/mol. The van der Waals surface area contributed by atoms with Gasteiger partial charge in [0.15, 0.2) is 5.78 Å². The van der Waals surface area contributed by atoms with Crippen molar-refractivity contribution in [2.45, 2.75) is 39.3 Å². The standard InChI is InChI=1S/C17H18F2N2O3/c1-17(2)7-11-13(12(22)8-17)14(21-16(23)20-11)9-3-5-10(6-4-9)24-15(18)19/h3-6,14-15H,7-8H2,1-2H3,(H2,20,21,23)/t14-/m1/s1. The predicted molar refractivity (Wildman–Crippen MR) is 82.5 cm³/mol. The Morgan fingerprint density at radius 3 is 2.46 bits per heavy atom. The van der Waals surface area contributed by atoms with Gasteiger partial charge in [0.25, 0.3) is 0 Å². The van der Waals surface area contributed by atoms with Crippen LogP contribution in [0.5, 0.6) is 5.75 Å². The molecule has 0 bridgehead atoms. The van der Waals surface area contributed by atoms with Gasteiger partial charge in [-0.25, -0.2) is 4.79 Å². The number of Topliss-reactive ketones (excluding diaryl/α,β-unsaturated/α-hetero) is 1. The van der Waals surface area contributed by atoms with E-state index in [9.17, 15) is 18.4 Å². The highest BCUT2D eigenvalue weighted by molar-refractivity contribution is 6.01. The average Bonchev–Trinajstić information content (AvgIpc) is 2.44. The molecule has 7 heteroatoms. The van der Waals surface area contributed by atoms with E-state index in [-0.39, 0.29) is 23.0 Å². The van der Waals surface area contributed by atoms with Gasteiger partial charge in [-0.15, -0.1) is 0 Å². The lowest BCUT2D eigenvalue weighted by Gasteiger charge is -2.38. The van der Waals surface area contributed by atoms with E-state index in [1.165, 1.54) is 12.1 Å². The number of carbonyl (C=O) groups excluding carboxylic acids is 2. The topological polar surface area (TPSA) is 67.4 Å². The maximum atomic E-state index is 12.6. The second-order valence-electron chi connectivity index (χ2n) is 6.81. The Morgan fingerprint density at radius 2 is 1.83 bits per heavy atom. The summed E-state index contributed by atoms with van der Waals surface area (Å²) in [4.78, 5) is 24.5. The molecule has 1 heterocycles.